The molecule has 1 heterocycles. The summed E-state index contributed by atoms with van der Waals surface area (Å²) in [5.74, 6) is 0.820. The number of carbonyl (C=O) groups is 2. The van der Waals surface area contributed by atoms with Crippen molar-refractivity contribution in [3.05, 3.63) is 107 Å². The normalized spacial score (nSPS) is 18.7. The summed E-state index contributed by atoms with van der Waals surface area (Å²) in [5, 5.41) is 15.2. The second-order valence-corrected chi connectivity index (χ2v) is 12.6. The van der Waals surface area contributed by atoms with Gasteiger partial charge in [0.1, 0.15) is 5.54 Å². The smallest absolute Gasteiger partial charge is 0.318 e. The van der Waals surface area contributed by atoms with Crippen molar-refractivity contribution in [2.24, 2.45) is 5.92 Å². The molecular formula is C37H47N5O2. The summed E-state index contributed by atoms with van der Waals surface area (Å²) >= 11 is 0. The fourth-order valence-electron chi connectivity index (χ4n) is 6.67. The van der Waals surface area contributed by atoms with E-state index in [4.69, 9.17) is 5.41 Å². The molecule has 1 atom stereocenters. The highest BCUT2D eigenvalue weighted by Gasteiger charge is 2.49. The fourth-order valence-corrected chi connectivity index (χ4v) is 6.67. The first-order valence-electron chi connectivity index (χ1n) is 16.3. The number of nitrogens with zero attached hydrogens (tertiary/aromatic N) is 2. The second kappa shape index (κ2) is 15.0. The van der Waals surface area contributed by atoms with E-state index in [0.717, 1.165) is 47.9 Å². The third-order valence-corrected chi connectivity index (χ3v) is 9.13. The molecule has 1 saturated carbocycles. The molecule has 3 amide bonds. The molecule has 1 saturated heterocycles. The van der Waals surface area contributed by atoms with Gasteiger partial charge in [0.2, 0.25) is 0 Å². The Kier molecular flexibility index (Phi) is 10.7. The van der Waals surface area contributed by atoms with Crippen LogP contribution >= 0.6 is 0 Å². The van der Waals surface area contributed by atoms with Crippen LogP contribution in [0.1, 0.15) is 87.0 Å². The summed E-state index contributed by atoms with van der Waals surface area (Å²) in [5.41, 5.74) is 3.47. The standard InChI is InChI=1S/C37H47N5O2/c1-2-3-23-37(24-29-13-7-4-8-14-29)34(43)42(35(38)40-37)28-33-21-19-30(20-22-33)25-39-36(44)41(26-31-15-9-5-10-16-31)27-32-17-11-6-12-18-32/h5-6,9-12,15-22,29H,2-4,7-8,13-14,23-28H2,1H3,(H2,38,40)(H,39,44). The van der Waals surface area contributed by atoms with Crippen molar-refractivity contribution in [1.82, 2.24) is 20.4 Å². The first kappa shape index (κ1) is 31.3. The zero-order chi connectivity index (χ0) is 30.8. The van der Waals surface area contributed by atoms with Crippen molar-refractivity contribution in [2.45, 2.75) is 96.4 Å². The van der Waals surface area contributed by atoms with E-state index < -0.39 is 5.54 Å². The number of rotatable bonds is 13. The lowest BCUT2D eigenvalue weighted by molar-refractivity contribution is -0.132. The van der Waals surface area contributed by atoms with E-state index in [2.05, 4.69) is 17.6 Å². The number of amides is 3. The lowest BCUT2D eigenvalue weighted by atomic mass is 9.77. The van der Waals surface area contributed by atoms with E-state index in [0.29, 0.717) is 32.1 Å². The van der Waals surface area contributed by atoms with Crippen LogP contribution in [0.2, 0.25) is 0 Å². The van der Waals surface area contributed by atoms with Crippen molar-refractivity contribution in [1.29, 1.82) is 5.41 Å². The van der Waals surface area contributed by atoms with Crippen LogP contribution in [0.4, 0.5) is 4.79 Å². The quantitative estimate of drug-likeness (QED) is 0.193. The molecule has 1 aliphatic heterocycles. The third kappa shape index (κ3) is 8.07. The highest BCUT2D eigenvalue weighted by molar-refractivity contribution is 6.07. The minimum absolute atomic E-state index is 0.0507. The molecule has 7 heteroatoms. The summed E-state index contributed by atoms with van der Waals surface area (Å²) in [6.45, 7) is 3.97. The molecule has 3 N–H and O–H groups in total. The first-order chi connectivity index (χ1) is 21.5. The minimum Gasteiger partial charge on any atom is -0.342 e. The molecule has 3 aromatic carbocycles. The van der Waals surface area contributed by atoms with Gasteiger partial charge in [0, 0.05) is 19.6 Å². The van der Waals surface area contributed by atoms with E-state index in [1.807, 2.05) is 89.8 Å². The highest BCUT2D eigenvalue weighted by atomic mass is 16.2. The molecular weight excluding hydrogens is 546 g/mol. The van der Waals surface area contributed by atoms with Gasteiger partial charge in [-0.3, -0.25) is 15.1 Å². The number of benzene rings is 3. The molecule has 7 nitrogen and oxygen atoms in total. The van der Waals surface area contributed by atoms with E-state index in [1.54, 1.807) is 4.90 Å². The van der Waals surface area contributed by atoms with Crippen molar-refractivity contribution >= 4 is 17.9 Å². The summed E-state index contributed by atoms with van der Waals surface area (Å²) in [6.07, 6.45) is 9.76. The number of nitrogens with one attached hydrogen (secondary N) is 3. The molecule has 0 aromatic heterocycles. The van der Waals surface area contributed by atoms with Gasteiger partial charge < -0.3 is 15.5 Å². The summed E-state index contributed by atoms with van der Waals surface area (Å²) in [6, 6.07) is 27.9. The van der Waals surface area contributed by atoms with Gasteiger partial charge in [-0.1, -0.05) is 137 Å². The predicted octanol–water partition coefficient (Wildman–Crippen LogP) is 7.36. The molecule has 3 aromatic rings. The summed E-state index contributed by atoms with van der Waals surface area (Å²) < 4.78 is 0. The molecule has 44 heavy (non-hydrogen) atoms. The third-order valence-electron chi connectivity index (χ3n) is 9.13. The number of guanidine groups is 1. The van der Waals surface area contributed by atoms with Crippen molar-refractivity contribution in [3.63, 3.8) is 0 Å². The van der Waals surface area contributed by atoms with Crippen LogP contribution in [0, 0.1) is 11.3 Å². The average molecular weight is 594 g/mol. The van der Waals surface area contributed by atoms with Crippen molar-refractivity contribution in [3.8, 4) is 0 Å². The SMILES string of the molecule is CCCCC1(CC2CCCCC2)NC(=N)N(Cc2ccc(CNC(=O)N(Cc3ccccc3)Cc3ccccc3)cc2)C1=O. The van der Waals surface area contributed by atoms with Crippen molar-refractivity contribution in [2.75, 3.05) is 0 Å². The van der Waals surface area contributed by atoms with Crippen LogP contribution in [-0.4, -0.2) is 33.2 Å². The van der Waals surface area contributed by atoms with Crippen LogP contribution in [0.5, 0.6) is 0 Å². The van der Waals surface area contributed by atoms with Crippen LogP contribution in [-0.2, 0) is 31.0 Å². The van der Waals surface area contributed by atoms with Crippen LogP contribution in [0.25, 0.3) is 0 Å². The Hall–Kier alpha value is -4.13. The van der Waals surface area contributed by atoms with E-state index >= 15 is 0 Å². The van der Waals surface area contributed by atoms with Crippen LogP contribution in [0.3, 0.4) is 0 Å². The zero-order valence-corrected chi connectivity index (χ0v) is 26.1. The largest absolute Gasteiger partial charge is 0.342 e. The first-order valence-corrected chi connectivity index (χ1v) is 16.3. The Balaban J connectivity index is 1.19. The number of urea groups is 1. The summed E-state index contributed by atoms with van der Waals surface area (Å²) in [4.78, 5) is 30.6. The maximum Gasteiger partial charge on any atom is 0.318 e. The molecule has 232 valence electrons. The number of carbonyl (C=O) groups excluding carboxylic acids is 2. The maximum atomic E-state index is 13.9. The Labute approximate surface area is 262 Å². The highest BCUT2D eigenvalue weighted by Crippen LogP contribution is 2.36. The predicted molar refractivity (Wildman–Crippen MR) is 176 cm³/mol. The van der Waals surface area contributed by atoms with Crippen LogP contribution in [0.15, 0.2) is 84.9 Å². The van der Waals surface area contributed by atoms with Gasteiger partial charge in [0.25, 0.3) is 5.91 Å². The Bertz CT molecular complexity index is 1330. The van der Waals surface area contributed by atoms with Gasteiger partial charge in [0.15, 0.2) is 5.96 Å². The van der Waals surface area contributed by atoms with E-state index in [9.17, 15) is 9.59 Å². The molecule has 0 radical (unpaired) electrons. The monoisotopic (exact) mass is 593 g/mol. The van der Waals surface area contributed by atoms with E-state index in [1.165, 1.54) is 32.1 Å². The molecule has 1 unspecified atom stereocenters. The minimum atomic E-state index is -0.648. The number of unbranched alkanes of at least 4 members (excludes halogenated alkanes) is 1. The molecule has 2 aliphatic rings. The Morgan fingerprint density at radius 2 is 1.48 bits per heavy atom. The fraction of sp³-hybridized carbons (Fsp3) is 0.432. The van der Waals surface area contributed by atoms with E-state index in [-0.39, 0.29) is 17.9 Å². The molecule has 1 aliphatic carbocycles. The zero-order valence-electron chi connectivity index (χ0n) is 26.1. The van der Waals surface area contributed by atoms with Gasteiger partial charge in [0.05, 0.1) is 6.54 Å². The maximum absolute atomic E-state index is 13.9. The summed E-state index contributed by atoms with van der Waals surface area (Å²) in [7, 11) is 0. The lowest BCUT2D eigenvalue weighted by Crippen LogP contribution is -2.48. The van der Waals surface area contributed by atoms with Gasteiger partial charge in [-0.15, -0.1) is 0 Å². The Morgan fingerprint density at radius 3 is 2.07 bits per heavy atom. The van der Waals surface area contributed by atoms with Crippen molar-refractivity contribution < 1.29 is 9.59 Å². The topological polar surface area (TPSA) is 88.5 Å². The lowest BCUT2D eigenvalue weighted by Gasteiger charge is -2.33. The van der Waals surface area contributed by atoms with Gasteiger partial charge in [-0.2, -0.15) is 0 Å². The Morgan fingerprint density at radius 1 is 0.886 bits per heavy atom. The number of hydrogen-bond acceptors (Lipinski definition) is 3. The molecule has 2 fully saturated rings. The number of hydrogen-bond donors (Lipinski definition) is 3. The van der Waals surface area contributed by atoms with Gasteiger partial charge in [-0.05, 0) is 41.0 Å². The average Bonchev–Trinajstić information content (AvgIpc) is 3.28. The molecule has 0 spiro atoms. The van der Waals surface area contributed by atoms with Gasteiger partial charge in [-0.25, -0.2) is 4.79 Å². The molecule has 0 bridgehead atoms. The second-order valence-electron chi connectivity index (χ2n) is 12.6. The van der Waals surface area contributed by atoms with Gasteiger partial charge >= 0.3 is 6.03 Å². The van der Waals surface area contributed by atoms with Crippen LogP contribution < -0.4 is 10.6 Å². The molecule has 5 rings (SSSR count).